The van der Waals surface area contributed by atoms with Crippen LogP contribution in [0.5, 0.6) is 0 Å². The summed E-state index contributed by atoms with van der Waals surface area (Å²) < 4.78 is 0.986. The van der Waals surface area contributed by atoms with E-state index in [4.69, 9.17) is 11.6 Å². The van der Waals surface area contributed by atoms with Crippen LogP contribution in [0.4, 0.5) is 0 Å². The van der Waals surface area contributed by atoms with Crippen LogP contribution >= 0.6 is 22.9 Å². The molecule has 2 aromatic heterocycles. The zero-order valence-electron chi connectivity index (χ0n) is 12.9. The first kappa shape index (κ1) is 17.1. The number of benzene rings is 1. The molecule has 0 bridgehead atoms. The molecule has 9 heteroatoms. The van der Waals surface area contributed by atoms with Gasteiger partial charge in [-0.15, -0.1) is 11.3 Å². The van der Waals surface area contributed by atoms with Crippen molar-refractivity contribution >= 4 is 28.8 Å². The van der Waals surface area contributed by atoms with Crippen molar-refractivity contribution in [2.24, 2.45) is 0 Å². The summed E-state index contributed by atoms with van der Waals surface area (Å²) in [6.45, 7) is 0.469. The maximum Gasteiger partial charge on any atom is 0.349 e. The summed E-state index contributed by atoms with van der Waals surface area (Å²) in [6, 6.07) is 8.45. The molecule has 25 heavy (non-hydrogen) atoms. The third kappa shape index (κ3) is 4.04. The Morgan fingerprint density at radius 3 is 2.88 bits per heavy atom. The third-order valence-corrected chi connectivity index (χ3v) is 4.65. The lowest BCUT2D eigenvalue weighted by Gasteiger charge is -2.09. The maximum absolute atomic E-state index is 12.4. The lowest BCUT2D eigenvalue weighted by molar-refractivity contribution is 0.0954. The zero-order valence-corrected chi connectivity index (χ0v) is 14.4. The van der Waals surface area contributed by atoms with Crippen molar-refractivity contribution in [3.05, 3.63) is 78.2 Å². The molecular weight excluding hydrogens is 364 g/mol. The Bertz CT molecular complexity index is 1010. The van der Waals surface area contributed by atoms with E-state index in [0.717, 1.165) is 17.3 Å². The highest BCUT2D eigenvalue weighted by atomic mass is 35.5. The number of hydrogen-bond donors (Lipinski definition) is 2. The molecule has 0 saturated carbocycles. The number of carbonyl (C=O) groups excluding carboxylic acids is 1. The Kier molecular flexibility index (Phi) is 5.11. The van der Waals surface area contributed by atoms with E-state index >= 15 is 0 Å². The van der Waals surface area contributed by atoms with E-state index in [0.29, 0.717) is 12.2 Å². The second kappa shape index (κ2) is 7.45. The summed E-state index contributed by atoms with van der Waals surface area (Å²) in [4.78, 5) is 38.6. The van der Waals surface area contributed by atoms with Gasteiger partial charge in [-0.25, -0.2) is 4.79 Å². The summed E-state index contributed by atoms with van der Waals surface area (Å²) in [7, 11) is 0. The quantitative estimate of drug-likeness (QED) is 0.707. The van der Waals surface area contributed by atoms with Gasteiger partial charge in [0.1, 0.15) is 6.20 Å². The van der Waals surface area contributed by atoms with Crippen LogP contribution in [-0.2, 0) is 6.42 Å². The number of H-pyrrole nitrogens is 1. The summed E-state index contributed by atoms with van der Waals surface area (Å²) in [6.07, 6.45) is 1.71. The molecule has 128 valence electrons. The summed E-state index contributed by atoms with van der Waals surface area (Å²) in [5.74, 6) is -0.346. The van der Waals surface area contributed by atoms with Gasteiger partial charge >= 0.3 is 5.69 Å². The highest BCUT2D eigenvalue weighted by Gasteiger charge is 2.13. The van der Waals surface area contributed by atoms with Crippen LogP contribution in [0, 0.1) is 0 Å². The van der Waals surface area contributed by atoms with Crippen molar-refractivity contribution in [2.45, 2.75) is 6.42 Å². The molecule has 0 spiro atoms. The van der Waals surface area contributed by atoms with Crippen LogP contribution in [0.25, 0.3) is 5.69 Å². The van der Waals surface area contributed by atoms with Gasteiger partial charge in [-0.1, -0.05) is 17.7 Å². The standard InChI is InChI=1S/C16H13ClN4O3S/c17-13-4-3-10(21-16(24)20-14(22)9-19-21)8-12(13)15(23)18-6-5-11-2-1-7-25-11/h1-4,7-9H,5-6H2,(H,18,23)(H,20,22,24). The van der Waals surface area contributed by atoms with E-state index in [9.17, 15) is 14.4 Å². The normalized spacial score (nSPS) is 10.6. The highest BCUT2D eigenvalue weighted by molar-refractivity contribution is 7.09. The van der Waals surface area contributed by atoms with Crippen LogP contribution in [0.1, 0.15) is 15.2 Å². The summed E-state index contributed by atoms with van der Waals surface area (Å²) in [5, 5.41) is 8.80. The average Bonchev–Trinajstić information content (AvgIpc) is 3.09. The maximum atomic E-state index is 12.4. The van der Waals surface area contributed by atoms with Crippen LogP contribution < -0.4 is 16.6 Å². The molecule has 0 aliphatic heterocycles. The topological polar surface area (TPSA) is 96.8 Å². The van der Waals surface area contributed by atoms with Crippen molar-refractivity contribution in [1.29, 1.82) is 0 Å². The molecule has 0 aliphatic rings. The number of aromatic amines is 1. The van der Waals surface area contributed by atoms with Crippen LogP contribution in [0.3, 0.4) is 0 Å². The molecule has 2 N–H and O–H groups in total. The molecule has 2 heterocycles. The van der Waals surface area contributed by atoms with Crippen LogP contribution in [0.15, 0.2) is 51.5 Å². The van der Waals surface area contributed by atoms with Gasteiger partial charge < -0.3 is 5.32 Å². The number of rotatable bonds is 5. The van der Waals surface area contributed by atoms with E-state index in [1.165, 1.54) is 23.1 Å². The molecule has 0 saturated heterocycles. The van der Waals surface area contributed by atoms with Gasteiger partial charge in [0.05, 0.1) is 16.3 Å². The minimum atomic E-state index is -0.695. The minimum Gasteiger partial charge on any atom is -0.352 e. The predicted molar refractivity (Wildman–Crippen MR) is 95.8 cm³/mol. The first-order valence-electron chi connectivity index (χ1n) is 7.34. The lowest BCUT2D eigenvalue weighted by Crippen LogP contribution is -2.31. The van der Waals surface area contributed by atoms with Gasteiger partial charge in [0.25, 0.3) is 11.5 Å². The molecule has 1 aromatic carbocycles. The Hall–Kier alpha value is -2.71. The SMILES string of the molecule is O=C(NCCc1cccs1)c1cc(-n2ncc(=O)[nH]c2=O)ccc1Cl. The second-order valence-corrected chi connectivity index (χ2v) is 6.54. The molecule has 0 fully saturated rings. The highest BCUT2D eigenvalue weighted by Crippen LogP contribution is 2.19. The van der Waals surface area contributed by atoms with Crippen molar-refractivity contribution < 1.29 is 4.79 Å². The van der Waals surface area contributed by atoms with Crippen LogP contribution in [0.2, 0.25) is 5.02 Å². The fraction of sp³-hybridized carbons (Fsp3) is 0.125. The van der Waals surface area contributed by atoms with Crippen LogP contribution in [-0.4, -0.2) is 27.2 Å². The van der Waals surface area contributed by atoms with Gasteiger partial charge in [-0.05, 0) is 36.1 Å². The third-order valence-electron chi connectivity index (χ3n) is 3.39. The number of aromatic nitrogens is 3. The predicted octanol–water partition coefficient (Wildman–Crippen LogP) is 1.61. The average molecular weight is 377 g/mol. The fourth-order valence-electron chi connectivity index (χ4n) is 2.21. The minimum absolute atomic E-state index is 0.227. The molecule has 0 unspecified atom stereocenters. The number of nitrogens with one attached hydrogen (secondary N) is 2. The Morgan fingerprint density at radius 1 is 1.32 bits per heavy atom. The van der Waals surface area contributed by atoms with Gasteiger partial charge in [0.15, 0.2) is 0 Å². The smallest absolute Gasteiger partial charge is 0.349 e. The molecule has 7 nitrogen and oxygen atoms in total. The Balaban J connectivity index is 1.80. The monoisotopic (exact) mass is 376 g/mol. The first-order chi connectivity index (χ1) is 12.0. The molecule has 3 aromatic rings. The summed E-state index contributed by atoms with van der Waals surface area (Å²) >= 11 is 7.72. The van der Waals surface area contributed by atoms with Crippen molar-refractivity contribution in [2.75, 3.05) is 6.54 Å². The largest absolute Gasteiger partial charge is 0.352 e. The molecule has 3 rings (SSSR count). The fourth-order valence-corrected chi connectivity index (χ4v) is 3.12. The van der Waals surface area contributed by atoms with Gasteiger partial charge in [-0.2, -0.15) is 9.78 Å². The number of amides is 1. The van der Waals surface area contributed by atoms with Gasteiger partial charge in [0.2, 0.25) is 0 Å². The summed E-state index contributed by atoms with van der Waals surface area (Å²) in [5.41, 5.74) is -0.736. The van der Waals surface area contributed by atoms with E-state index in [1.54, 1.807) is 11.3 Å². The number of hydrogen-bond acceptors (Lipinski definition) is 5. The zero-order chi connectivity index (χ0) is 17.8. The number of thiophene rings is 1. The Morgan fingerprint density at radius 2 is 2.16 bits per heavy atom. The van der Waals surface area contributed by atoms with Gasteiger partial charge in [-0.3, -0.25) is 14.6 Å². The number of nitrogens with zero attached hydrogens (tertiary/aromatic N) is 2. The molecule has 1 amide bonds. The number of halogens is 1. The van der Waals surface area contributed by atoms with Crippen molar-refractivity contribution in [3.63, 3.8) is 0 Å². The molecular formula is C16H13ClN4O3S. The first-order valence-corrected chi connectivity index (χ1v) is 8.59. The van der Waals surface area contributed by atoms with E-state index in [-0.39, 0.29) is 16.5 Å². The second-order valence-electron chi connectivity index (χ2n) is 5.10. The molecule has 0 aliphatic carbocycles. The van der Waals surface area contributed by atoms with E-state index in [2.05, 4.69) is 15.4 Å². The van der Waals surface area contributed by atoms with Crippen molar-refractivity contribution in [1.82, 2.24) is 20.1 Å². The number of carbonyl (C=O) groups is 1. The Labute approximate surface area is 150 Å². The lowest BCUT2D eigenvalue weighted by atomic mass is 10.2. The molecule has 0 radical (unpaired) electrons. The van der Waals surface area contributed by atoms with E-state index in [1.807, 2.05) is 17.5 Å². The van der Waals surface area contributed by atoms with E-state index < -0.39 is 11.2 Å². The van der Waals surface area contributed by atoms with Gasteiger partial charge in [0, 0.05) is 11.4 Å². The van der Waals surface area contributed by atoms with Crippen molar-refractivity contribution in [3.8, 4) is 5.69 Å². The molecule has 0 atom stereocenters.